The first-order chi connectivity index (χ1) is 10.3. The van der Waals surface area contributed by atoms with Gasteiger partial charge >= 0.3 is 0 Å². The number of rotatable bonds is 5. The van der Waals surface area contributed by atoms with E-state index in [-0.39, 0.29) is 6.04 Å². The van der Waals surface area contributed by atoms with E-state index in [0.29, 0.717) is 0 Å². The summed E-state index contributed by atoms with van der Waals surface area (Å²) in [5.41, 5.74) is 2.35. The number of hydrogen-bond donors (Lipinski definition) is 0. The molecule has 108 valence electrons. The zero-order valence-corrected chi connectivity index (χ0v) is 12.3. The van der Waals surface area contributed by atoms with Gasteiger partial charge in [0.05, 0.1) is 18.0 Å². The van der Waals surface area contributed by atoms with Crippen LogP contribution in [-0.4, -0.2) is 21.7 Å². The van der Waals surface area contributed by atoms with Crippen molar-refractivity contribution < 1.29 is 4.42 Å². The van der Waals surface area contributed by atoms with E-state index in [0.717, 1.165) is 18.0 Å². The maximum absolute atomic E-state index is 5.50. The van der Waals surface area contributed by atoms with Gasteiger partial charge in [0, 0.05) is 18.9 Å². The van der Waals surface area contributed by atoms with Crippen molar-refractivity contribution in [3.63, 3.8) is 0 Å². The average Bonchev–Trinajstić information content (AvgIpc) is 3.20. The van der Waals surface area contributed by atoms with Crippen LogP contribution in [0, 0.1) is 0 Å². The largest absolute Gasteiger partial charge is 0.468 e. The van der Waals surface area contributed by atoms with E-state index in [2.05, 4.69) is 42.2 Å². The zero-order chi connectivity index (χ0) is 14.7. The topological polar surface area (TPSA) is 34.2 Å². The van der Waals surface area contributed by atoms with E-state index in [4.69, 9.17) is 4.42 Å². The van der Waals surface area contributed by atoms with Gasteiger partial charge in [0.25, 0.3) is 0 Å². The van der Waals surface area contributed by atoms with Crippen molar-refractivity contribution >= 4 is 0 Å². The second-order valence-electron chi connectivity index (χ2n) is 5.19. The SMILES string of the molecule is CC(c1ccco1)N(C)Cc1ccccc1-n1cccn1. The van der Waals surface area contributed by atoms with Gasteiger partial charge in [0.1, 0.15) is 5.76 Å². The predicted molar refractivity (Wildman–Crippen MR) is 82.2 cm³/mol. The van der Waals surface area contributed by atoms with Crippen LogP contribution in [0.5, 0.6) is 0 Å². The predicted octanol–water partition coefficient (Wildman–Crippen LogP) is 3.66. The molecule has 1 aromatic carbocycles. The molecule has 0 saturated heterocycles. The summed E-state index contributed by atoms with van der Waals surface area (Å²) in [6.07, 6.45) is 5.48. The molecule has 21 heavy (non-hydrogen) atoms. The normalized spacial score (nSPS) is 12.7. The highest BCUT2D eigenvalue weighted by Gasteiger charge is 2.16. The maximum Gasteiger partial charge on any atom is 0.120 e. The summed E-state index contributed by atoms with van der Waals surface area (Å²) < 4.78 is 7.40. The number of aromatic nitrogens is 2. The fraction of sp³-hybridized carbons (Fsp3) is 0.235. The molecule has 0 amide bonds. The standard InChI is InChI=1S/C17H19N3O/c1-14(17-9-5-12-21-17)19(2)13-15-7-3-4-8-16(15)20-11-6-10-18-20/h3-12,14H,13H2,1-2H3. The Balaban J connectivity index is 1.82. The second kappa shape index (κ2) is 5.97. The molecule has 0 radical (unpaired) electrons. The van der Waals surface area contributed by atoms with Gasteiger partial charge in [0.2, 0.25) is 0 Å². The summed E-state index contributed by atoms with van der Waals surface area (Å²) in [7, 11) is 2.10. The summed E-state index contributed by atoms with van der Waals surface area (Å²) in [6, 6.07) is 14.4. The molecule has 0 fully saturated rings. The molecule has 0 aliphatic rings. The van der Waals surface area contributed by atoms with Crippen LogP contribution < -0.4 is 0 Å². The van der Waals surface area contributed by atoms with Crippen LogP contribution in [0.15, 0.2) is 65.5 Å². The lowest BCUT2D eigenvalue weighted by atomic mass is 10.1. The first kappa shape index (κ1) is 13.6. The number of nitrogens with zero attached hydrogens (tertiary/aromatic N) is 3. The minimum atomic E-state index is 0.227. The van der Waals surface area contributed by atoms with E-state index in [1.54, 1.807) is 12.5 Å². The molecule has 3 aromatic rings. The summed E-state index contributed by atoms with van der Waals surface area (Å²) in [5, 5.41) is 4.33. The Kier molecular flexibility index (Phi) is 3.88. The Hall–Kier alpha value is -2.33. The lowest BCUT2D eigenvalue weighted by Gasteiger charge is -2.24. The van der Waals surface area contributed by atoms with Gasteiger partial charge in [-0.2, -0.15) is 5.10 Å². The maximum atomic E-state index is 5.50. The van der Waals surface area contributed by atoms with E-state index in [1.165, 1.54) is 5.56 Å². The molecule has 4 nitrogen and oxygen atoms in total. The highest BCUT2D eigenvalue weighted by Crippen LogP contribution is 2.23. The van der Waals surface area contributed by atoms with Crippen molar-refractivity contribution in [2.75, 3.05) is 7.05 Å². The molecule has 2 aromatic heterocycles. The number of para-hydroxylation sites is 1. The van der Waals surface area contributed by atoms with Gasteiger partial charge < -0.3 is 4.42 Å². The Labute approximate surface area is 124 Å². The van der Waals surface area contributed by atoms with Crippen LogP contribution >= 0.6 is 0 Å². The van der Waals surface area contributed by atoms with Crippen LogP contribution in [0.4, 0.5) is 0 Å². The van der Waals surface area contributed by atoms with Crippen LogP contribution in [-0.2, 0) is 6.54 Å². The molecule has 0 aliphatic carbocycles. The Morgan fingerprint density at radius 3 is 2.76 bits per heavy atom. The first-order valence-corrected chi connectivity index (χ1v) is 7.07. The molecule has 0 spiro atoms. The molecule has 4 heteroatoms. The number of hydrogen-bond acceptors (Lipinski definition) is 3. The van der Waals surface area contributed by atoms with Crippen molar-refractivity contribution in [1.82, 2.24) is 14.7 Å². The third kappa shape index (κ3) is 2.90. The van der Waals surface area contributed by atoms with Crippen molar-refractivity contribution in [2.24, 2.45) is 0 Å². The molecule has 3 rings (SSSR count). The Morgan fingerprint density at radius 1 is 1.19 bits per heavy atom. The number of benzene rings is 1. The van der Waals surface area contributed by atoms with Gasteiger partial charge in [-0.3, -0.25) is 4.90 Å². The second-order valence-corrected chi connectivity index (χ2v) is 5.19. The molecular weight excluding hydrogens is 262 g/mol. The molecule has 0 aliphatic heterocycles. The van der Waals surface area contributed by atoms with Gasteiger partial charge in [-0.05, 0) is 43.8 Å². The highest BCUT2D eigenvalue weighted by molar-refractivity contribution is 5.40. The molecule has 0 saturated carbocycles. The third-order valence-electron chi connectivity index (χ3n) is 3.78. The average molecular weight is 281 g/mol. The van der Waals surface area contributed by atoms with Crippen molar-refractivity contribution in [3.8, 4) is 5.69 Å². The smallest absolute Gasteiger partial charge is 0.120 e. The first-order valence-electron chi connectivity index (χ1n) is 7.07. The van der Waals surface area contributed by atoms with Crippen molar-refractivity contribution in [2.45, 2.75) is 19.5 Å². The lowest BCUT2D eigenvalue weighted by Crippen LogP contribution is -2.22. The number of furan rings is 1. The van der Waals surface area contributed by atoms with Gasteiger partial charge in [-0.25, -0.2) is 4.68 Å². The summed E-state index contributed by atoms with van der Waals surface area (Å²) in [4.78, 5) is 2.27. The van der Waals surface area contributed by atoms with E-state index in [9.17, 15) is 0 Å². The summed E-state index contributed by atoms with van der Waals surface area (Å²) in [5.74, 6) is 0.981. The van der Waals surface area contributed by atoms with E-state index >= 15 is 0 Å². The van der Waals surface area contributed by atoms with Gasteiger partial charge in [0.15, 0.2) is 0 Å². The molecule has 0 N–H and O–H groups in total. The van der Waals surface area contributed by atoms with Crippen LogP contribution in [0.2, 0.25) is 0 Å². The Morgan fingerprint density at radius 2 is 2.05 bits per heavy atom. The fourth-order valence-corrected chi connectivity index (χ4v) is 2.43. The molecular formula is C17H19N3O. The highest BCUT2D eigenvalue weighted by atomic mass is 16.3. The lowest BCUT2D eigenvalue weighted by molar-refractivity contribution is 0.223. The third-order valence-corrected chi connectivity index (χ3v) is 3.78. The minimum absolute atomic E-state index is 0.227. The molecule has 1 unspecified atom stereocenters. The van der Waals surface area contributed by atoms with Crippen LogP contribution in [0.3, 0.4) is 0 Å². The minimum Gasteiger partial charge on any atom is -0.468 e. The molecule has 2 heterocycles. The van der Waals surface area contributed by atoms with Crippen molar-refractivity contribution in [3.05, 3.63) is 72.4 Å². The van der Waals surface area contributed by atoms with Gasteiger partial charge in [-0.1, -0.05) is 18.2 Å². The fourth-order valence-electron chi connectivity index (χ4n) is 2.43. The quantitative estimate of drug-likeness (QED) is 0.715. The summed E-state index contributed by atoms with van der Waals surface area (Å²) in [6.45, 7) is 2.98. The van der Waals surface area contributed by atoms with Crippen LogP contribution in [0.25, 0.3) is 5.69 Å². The Bertz CT molecular complexity index is 674. The molecule has 0 bridgehead atoms. The van der Waals surface area contributed by atoms with E-state index < -0.39 is 0 Å². The van der Waals surface area contributed by atoms with Crippen molar-refractivity contribution in [1.29, 1.82) is 0 Å². The monoisotopic (exact) mass is 281 g/mol. The van der Waals surface area contributed by atoms with E-state index in [1.807, 2.05) is 35.1 Å². The van der Waals surface area contributed by atoms with Gasteiger partial charge in [-0.15, -0.1) is 0 Å². The van der Waals surface area contributed by atoms with Crippen LogP contribution in [0.1, 0.15) is 24.3 Å². The summed E-state index contributed by atoms with van der Waals surface area (Å²) >= 11 is 0. The molecule has 1 atom stereocenters. The zero-order valence-electron chi connectivity index (χ0n) is 12.3.